The summed E-state index contributed by atoms with van der Waals surface area (Å²) in [6.07, 6.45) is 0.683. The Balaban J connectivity index is 1.65. The van der Waals surface area contributed by atoms with Gasteiger partial charge in [0.05, 0.1) is 24.5 Å². The van der Waals surface area contributed by atoms with Crippen LogP contribution >= 0.6 is 11.3 Å². The monoisotopic (exact) mass is 434 g/mol. The average Bonchev–Trinajstić information content (AvgIpc) is 3.04. The largest absolute Gasteiger partial charge is 0.379 e. The zero-order valence-electron chi connectivity index (χ0n) is 17.3. The minimum absolute atomic E-state index is 0.0300. The van der Waals surface area contributed by atoms with Crippen LogP contribution in [-0.4, -0.2) is 72.5 Å². The first-order valence-electron chi connectivity index (χ1n) is 10.0. The van der Waals surface area contributed by atoms with Gasteiger partial charge in [0.15, 0.2) is 5.13 Å². The van der Waals surface area contributed by atoms with E-state index in [1.807, 2.05) is 13.8 Å². The van der Waals surface area contributed by atoms with E-state index >= 15 is 0 Å². The number of amides is 2. The Morgan fingerprint density at radius 2 is 2.00 bits per heavy atom. The Morgan fingerprint density at radius 3 is 2.67 bits per heavy atom. The molecular formula is C21H27FN4O3S. The van der Waals surface area contributed by atoms with Crippen LogP contribution in [0.4, 0.5) is 9.52 Å². The van der Waals surface area contributed by atoms with Crippen LogP contribution in [0, 0.1) is 19.7 Å². The van der Waals surface area contributed by atoms with Gasteiger partial charge in [-0.3, -0.25) is 14.5 Å². The number of aromatic nitrogens is 1. The Hall–Kier alpha value is -2.36. The van der Waals surface area contributed by atoms with Gasteiger partial charge in [-0.25, -0.2) is 9.37 Å². The predicted octanol–water partition coefficient (Wildman–Crippen LogP) is 2.70. The summed E-state index contributed by atoms with van der Waals surface area (Å²) in [7, 11) is 0. The lowest BCUT2D eigenvalue weighted by molar-refractivity contribution is -0.116. The van der Waals surface area contributed by atoms with Gasteiger partial charge in [-0.2, -0.15) is 0 Å². The molecule has 0 spiro atoms. The first kappa shape index (κ1) is 22.3. The molecule has 1 saturated heterocycles. The number of aryl methyl sites for hydroxylation is 2. The molecule has 2 heterocycles. The number of morpholine rings is 1. The number of halogens is 1. The third-order valence-electron chi connectivity index (χ3n) is 5.01. The summed E-state index contributed by atoms with van der Waals surface area (Å²) < 4.78 is 19.5. The van der Waals surface area contributed by atoms with Gasteiger partial charge < -0.3 is 15.0 Å². The highest BCUT2D eigenvalue weighted by atomic mass is 32.1. The number of hydrogen-bond acceptors (Lipinski definition) is 6. The van der Waals surface area contributed by atoms with E-state index in [9.17, 15) is 14.0 Å². The van der Waals surface area contributed by atoms with Crippen molar-refractivity contribution in [1.82, 2.24) is 14.8 Å². The van der Waals surface area contributed by atoms with Crippen LogP contribution in [0.15, 0.2) is 24.3 Å². The van der Waals surface area contributed by atoms with Crippen LogP contribution in [0.5, 0.6) is 0 Å². The molecule has 3 rings (SSSR count). The summed E-state index contributed by atoms with van der Waals surface area (Å²) in [5.74, 6) is -1.43. The fraction of sp³-hybridized carbons (Fsp3) is 0.476. The molecule has 0 atom stereocenters. The first-order valence-corrected chi connectivity index (χ1v) is 10.8. The molecule has 0 radical (unpaired) electrons. The molecule has 1 N–H and O–H groups in total. The van der Waals surface area contributed by atoms with E-state index < -0.39 is 11.7 Å². The van der Waals surface area contributed by atoms with Crippen molar-refractivity contribution in [2.75, 3.05) is 51.3 Å². The summed E-state index contributed by atoms with van der Waals surface area (Å²) in [6, 6.07) is 5.84. The number of carbonyl (C=O) groups excluding carboxylic acids is 2. The topological polar surface area (TPSA) is 74.8 Å². The van der Waals surface area contributed by atoms with Crippen molar-refractivity contribution in [3.05, 3.63) is 46.2 Å². The maximum absolute atomic E-state index is 14.2. The Kier molecular flexibility index (Phi) is 7.89. The molecule has 1 fully saturated rings. The van der Waals surface area contributed by atoms with Crippen molar-refractivity contribution >= 4 is 28.3 Å². The second-order valence-electron chi connectivity index (χ2n) is 7.22. The molecule has 1 aliphatic rings. The highest BCUT2D eigenvalue weighted by Gasteiger charge is 2.22. The van der Waals surface area contributed by atoms with Crippen LogP contribution in [0.1, 0.15) is 27.3 Å². The van der Waals surface area contributed by atoms with Crippen LogP contribution < -0.4 is 5.32 Å². The number of nitrogens with zero attached hydrogens (tertiary/aromatic N) is 3. The van der Waals surface area contributed by atoms with Gasteiger partial charge in [-0.1, -0.05) is 12.1 Å². The molecule has 2 aromatic rings. The molecule has 0 unspecified atom stereocenters. The molecule has 30 heavy (non-hydrogen) atoms. The number of hydrogen-bond donors (Lipinski definition) is 1. The zero-order valence-corrected chi connectivity index (χ0v) is 18.1. The lowest BCUT2D eigenvalue weighted by atomic mass is 10.1. The smallest absolute Gasteiger partial charge is 0.257 e. The van der Waals surface area contributed by atoms with Crippen LogP contribution in [0.3, 0.4) is 0 Å². The number of rotatable bonds is 8. The Bertz CT molecular complexity index is 863. The van der Waals surface area contributed by atoms with Gasteiger partial charge in [0.25, 0.3) is 5.91 Å². The summed E-state index contributed by atoms with van der Waals surface area (Å²) in [6.45, 7) is 7.90. The lowest BCUT2D eigenvalue weighted by Crippen LogP contribution is -2.41. The summed E-state index contributed by atoms with van der Waals surface area (Å²) >= 11 is 1.39. The van der Waals surface area contributed by atoms with Crippen LogP contribution in [0.25, 0.3) is 0 Å². The average molecular weight is 435 g/mol. The maximum atomic E-state index is 14.2. The van der Waals surface area contributed by atoms with Gasteiger partial charge in [-0.15, -0.1) is 11.3 Å². The molecule has 1 aliphatic heterocycles. The standard InChI is InChI=1S/C21H27FN4O3S/c1-15-16(2)30-21(23-15)24-19(27)14-26(9-5-8-25-10-12-29-13-11-25)20(28)17-6-3-4-7-18(17)22/h3-4,6-7H,5,8-14H2,1-2H3,(H,23,24,27). The molecule has 0 saturated carbocycles. The number of ether oxygens (including phenoxy) is 1. The summed E-state index contributed by atoms with van der Waals surface area (Å²) in [5, 5.41) is 3.25. The van der Waals surface area contributed by atoms with E-state index in [-0.39, 0.29) is 18.0 Å². The molecule has 2 amide bonds. The fourth-order valence-electron chi connectivity index (χ4n) is 3.23. The third kappa shape index (κ3) is 6.07. The van der Waals surface area contributed by atoms with Crippen molar-refractivity contribution in [3.63, 3.8) is 0 Å². The van der Waals surface area contributed by atoms with E-state index in [1.54, 1.807) is 6.07 Å². The van der Waals surface area contributed by atoms with Crippen LogP contribution in [-0.2, 0) is 9.53 Å². The second kappa shape index (κ2) is 10.6. The van der Waals surface area contributed by atoms with Gasteiger partial charge in [-0.05, 0) is 32.4 Å². The summed E-state index contributed by atoms with van der Waals surface area (Å²) in [5.41, 5.74) is 0.831. The van der Waals surface area contributed by atoms with Crippen molar-refractivity contribution < 1.29 is 18.7 Å². The second-order valence-corrected chi connectivity index (χ2v) is 8.43. The molecule has 0 bridgehead atoms. The molecule has 162 valence electrons. The van der Waals surface area contributed by atoms with E-state index in [2.05, 4.69) is 15.2 Å². The third-order valence-corrected chi connectivity index (χ3v) is 6.00. The highest BCUT2D eigenvalue weighted by molar-refractivity contribution is 7.15. The lowest BCUT2D eigenvalue weighted by Gasteiger charge is -2.28. The number of thiazole rings is 1. The Labute approximate surface area is 179 Å². The molecule has 9 heteroatoms. The number of carbonyl (C=O) groups is 2. The quantitative estimate of drug-likeness (QED) is 0.692. The van der Waals surface area contributed by atoms with Gasteiger partial charge in [0.2, 0.25) is 5.91 Å². The molecule has 7 nitrogen and oxygen atoms in total. The predicted molar refractivity (Wildman–Crippen MR) is 114 cm³/mol. The van der Waals surface area contributed by atoms with E-state index in [4.69, 9.17) is 4.74 Å². The fourth-order valence-corrected chi connectivity index (χ4v) is 4.06. The summed E-state index contributed by atoms with van der Waals surface area (Å²) in [4.78, 5) is 34.5. The Morgan fingerprint density at radius 1 is 1.27 bits per heavy atom. The minimum atomic E-state index is -0.590. The van der Waals surface area contributed by atoms with Crippen LogP contribution in [0.2, 0.25) is 0 Å². The molecule has 1 aromatic heterocycles. The first-order chi connectivity index (χ1) is 14.4. The minimum Gasteiger partial charge on any atom is -0.379 e. The van der Waals surface area contributed by atoms with Gasteiger partial charge >= 0.3 is 0 Å². The zero-order chi connectivity index (χ0) is 21.5. The highest BCUT2D eigenvalue weighted by Crippen LogP contribution is 2.21. The van der Waals surface area contributed by atoms with Crippen molar-refractivity contribution in [1.29, 1.82) is 0 Å². The van der Waals surface area contributed by atoms with E-state index in [0.717, 1.165) is 30.2 Å². The SMILES string of the molecule is Cc1nc(NC(=O)CN(CCCN2CCOCC2)C(=O)c2ccccc2F)sc1C. The van der Waals surface area contributed by atoms with E-state index in [1.165, 1.54) is 34.4 Å². The number of benzene rings is 1. The van der Waals surface area contributed by atoms with Crippen molar-refractivity contribution in [3.8, 4) is 0 Å². The van der Waals surface area contributed by atoms with Gasteiger partial charge in [0, 0.05) is 31.1 Å². The molecule has 0 aliphatic carbocycles. The molecular weight excluding hydrogens is 407 g/mol. The van der Waals surface area contributed by atoms with Gasteiger partial charge in [0.1, 0.15) is 12.4 Å². The maximum Gasteiger partial charge on any atom is 0.257 e. The van der Waals surface area contributed by atoms with Crippen molar-refractivity contribution in [2.45, 2.75) is 20.3 Å². The normalized spacial score (nSPS) is 14.5. The number of anilines is 1. The van der Waals surface area contributed by atoms with Crippen molar-refractivity contribution in [2.24, 2.45) is 0 Å². The number of nitrogens with one attached hydrogen (secondary N) is 1. The van der Waals surface area contributed by atoms with E-state index in [0.29, 0.717) is 31.3 Å². The molecule has 1 aromatic carbocycles.